The van der Waals surface area contributed by atoms with Crippen LogP contribution in [0.3, 0.4) is 0 Å². The van der Waals surface area contributed by atoms with E-state index in [0.29, 0.717) is 5.69 Å². The summed E-state index contributed by atoms with van der Waals surface area (Å²) >= 11 is 5.92. The van der Waals surface area contributed by atoms with Crippen molar-refractivity contribution in [2.45, 2.75) is 26.3 Å². The molecule has 1 aromatic rings. The van der Waals surface area contributed by atoms with Gasteiger partial charge in [-0.1, -0.05) is 31.9 Å². The molecule has 0 aromatic heterocycles. The summed E-state index contributed by atoms with van der Waals surface area (Å²) in [6, 6.07) is 3.49. The second-order valence-electron chi connectivity index (χ2n) is 4.40. The summed E-state index contributed by atoms with van der Waals surface area (Å²) in [7, 11) is 0. The number of hydrogen-bond donors (Lipinski definition) is 3. The number of nitrogens with one attached hydrogen (secondary N) is 1. The highest BCUT2D eigenvalue weighted by Gasteiger charge is 2.20. The van der Waals surface area contributed by atoms with E-state index in [9.17, 15) is 9.59 Å². The minimum atomic E-state index is -1.07. The molecule has 1 amide bonds. The molecule has 2 atom stereocenters. The lowest BCUT2D eigenvalue weighted by molar-refractivity contribution is -0.118. The highest BCUT2D eigenvalue weighted by Crippen LogP contribution is 2.23. The van der Waals surface area contributed by atoms with Gasteiger partial charge in [-0.3, -0.25) is 4.79 Å². The first-order valence-corrected chi connectivity index (χ1v) is 6.33. The molecule has 0 aliphatic heterocycles. The van der Waals surface area contributed by atoms with E-state index in [4.69, 9.17) is 22.4 Å². The summed E-state index contributed by atoms with van der Waals surface area (Å²) in [6.07, 6.45) is 0.792. The molecule has 0 radical (unpaired) electrons. The molecule has 19 heavy (non-hydrogen) atoms. The summed E-state index contributed by atoms with van der Waals surface area (Å²) in [5.41, 5.74) is 6.22. The highest BCUT2D eigenvalue weighted by atomic mass is 35.5. The largest absolute Gasteiger partial charge is 0.478 e. The lowest BCUT2D eigenvalue weighted by Crippen LogP contribution is -2.40. The van der Waals surface area contributed by atoms with Crippen LogP contribution in [0.15, 0.2) is 18.2 Å². The Morgan fingerprint density at radius 3 is 2.58 bits per heavy atom. The molecule has 5 nitrogen and oxygen atoms in total. The van der Waals surface area contributed by atoms with Crippen LogP contribution in [-0.2, 0) is 4.79 Å². The van der Waals surface area contributed by atoms with Crippen molar-refractivity contribution in [3.8, 4) is 0 Å². The van der Waals surface area contributed by atoms with Crippen LogP contribution in [0.5, 0.6) is 0 Å². The summed E-state index contributed by atoms with van der Waals surface area (Å²) in [5, 5.41) is 11.6. The fraction of sp³-hybridized carbons (Fsp3) is 0.385. The van der Waals surface area contributed by atoms with Crippen molar-refractivity contribution in [3.05, 3.63) is 28.8 Å². The van der Waals surface area contributed by atoms with Gasteiger partial charge in [0.05, 0.1) is 22.3 Å². The fourth-order valence-corrected chi connectivity index (χ4v) is 1.71. The number of carbonyl (C=O) groups is 2. The molecule has 0 aliphatic carbocycles. The van der Waals surface area contributed by atoms with Crippen molar-refractivity contribution >= 4 is 29.2 Å². The van der Waals surface area contributed by atoms with Crippen molar-refractivity contribution in [2.24, 2.45) is 11.7 Å². The zero-order chi connectivity index (χ0) is 14.6. The molecule has 0 spiro atoms. The van der Waals surface area contributed by atoms with E-state index < -0.39 is 12.0 Å². The first-order chi connectivity index (χ1) is 8.86. The third kappa shape index (κ3) is 3.94. The maximum absolute atomic E-state index is 11.9. The molecule has 0 fully saturated rings. The number of halogens is 1. The van der Waals surface area contributed by atoms with Gasteiger partial charge in [0.15, 0.2) is 0 Å². The second-order valence-corrected chi connectivity index (χ2v) is 4.81. The van der Waals surface area contributed by atoms with E-state index in [-0.39, 0.29) is 22.4 Å². The molecule has 6 heteroatoms. The minimum Gasteiger partial charge on any atom is -0.478 e. The number of aromatic carboxylic acids is 1. The molecular weight excluding hydrogens is 268 g/mol. The summed E-state index contributed by atoms with van der Waals surface area (Å²) in [6.45, 7) is 3.84. The van der Waals surface area contributed by atoms with Crippen LogP contribution in [0, 0.1) is 5.92 Å². The number of rotatable bonds is 5. The smallest absolute Gasteiger partial charge is 0.335 e. The van der Waals surface area contributed by atoms with Gasteiger partial charge in [0.1, 0.15) is 0 Å². The molecule has 0 aliphatic rings. The van der Waals surface area contributed by atoms with Gasteiger partial charge in [-0.2, -0.15) is 0 Å². The zero-order valence-corrected chi connectivity index (χ0v) is 11.6. The minimum absolute atomic E-state index is 0.0528. The molecular formula is C13H17ClN2O3. The highest BCUT2D eigenvalue weighted by molar-refractivity contribution is 6.34. The molecule has 0 bridgehead atoms. The molecule has 1 aromatic carbocycles. The van der Waals surface area contributed by atoms with Crippen LogP contribution in [0.2, 0.25) is 5.02 Å². The lowest BCUT2D eigenvalue weighted by atomic mass is 9.99. The number of amides is 1. The average molecular weight is 285 g/mol. The molecule has 0 saturated carbocycles. The summed E-state index contributed by atoms with van der Waals surface area (Å²) in [4.78, 5) is 22.6. The van der Waals surface area contributed by atoms with Crippen molar-refractivity contribution < 1.29 is 14.7 Å². The molecule has 0 saturated heterocycles. The third-order valence-electron chi connectivity index (χ3n) is 3.03. The van der Waals surface area contributed by atoms with E-state index in [0.717, 1.165) is 6.42 Å². The number of benzene rings is 1. The van der Waals surface area contributed by atoms with Gasteiger partial charge < -0.3 is 16.2 Å². The normalized spacial score (nSPS) is 13.7. The topological polar surface area (TPSA) is 92.4 Å². The van der Waals surface area contributed by atoms with Crippen LogP contribution < -0.4 is 11.1 Å². The Morgan fingerprint density at radius 2 is 2.11 bits per heavy atom. The summed E-state index contributed by atoms with van der Waals surface area (Å²) < 4.78 is 0. The maximum Gasteiger partial charge on any atom is 0.335 e. The van der Waals surface area contributed by atoms with Crippen LogP contribution in [-0.4, -0.2) is 23.0 Å². The monoisotopic (exact) mass is 284 g/mol. The maximum atomic E-state index is 11.9. The van der Waals surface area contributed by atoms with Crippen LogP contribution >= 0.6 is 11.6 Å². The van der Waals surface area contributed by atoms with E-state index in [2.05, 4.69) is 5.32 Å². The Kier molecular flexibility index (Phi) is 5.32. The molecule has 1 rings (SSSR count). The van der Waals surface area contributed by atoms with Crippen molar-refractivity contribution in [2.75, 3.05) is 5.32 Å². The van der Waals surface area contributed by atoms with E-state index in [1.807, 2.05) is 13.8 Å². The van der Waals surface area contributed by atoms with Crippen molar-refractivity contribution in [3.63, 3.8) is 0 Å². The Bertz CT molecular complexity index is 491. The van der Waals surface area contributed by atoms with Crippen molar-refractivity contribution in [1.29, 1.82) is 0 Å². The lowest BCUT2D eigenvalue weighted by Gasteiger charge is -2.18. The zero-order valence-electron chi connectivity index (χ0n) is 10.8. The Balaban J connectivity index is 2.83. The SMILES string of the molecule is CCC(C)C(N)C(=O)Nc1ccc(C(=O)O)cc1Cl. The molecule has 2 unspecified atom stereocenters. The molecule has 0 heterocycles. The van der Waals surface area contributed by atoms with Gasteiger partial charge in [-0.25, -0.2) is 4.79 Å². The number of hydrogen-bond acceptors (Lipinski definition) is 3. The van der Waals surface area contributed by atoms with Gasteiger partial charge >= 0.3 is 5.97 Å². The van der Waals surface area contributed by atoms with Gasteiger partial charge in [0.25, 0.3) is 0 Å². The molecule has 104 valence electrons. The van der Waals surface area contributed by atoms with Crippen LogP contribution in [0.25, 0.3) is 0 Å². The predicted octanol–water partition coefficient (Wildman–Crippen LogP) is 2.35. The first-order valence-electron chi connectivity index (χ1n) is 5.96. The Labute approximate surface area is 116 Å². The quantitative estimate of drug-likeness (QED) is 0.774. The second kappa shape index (κ2) is 6.54. The predicted molar refractivity (Wildman–Crippen MR) is 74.5 cm³/mol. The molecule has 4 N–H and O–H groups in total. The average Bonchev–Trinajstić information content (AvgIpc) is 2.38. The number of carboxylic acids is 1. The Hall–Kier alpha value is -1.59. The van der Waals surface area contributed by atoms with Gasteiger partial charge in [0.2, 0.25) is 5.91 Å². The standard InChI is InChI=1S/C13H17ClN2O3/c1-3-7(2)11(15)12(17)16-10-5-4-8(13(18)19)6-9(10)14/h4-7,11H,3,15H2,1-2H3,(H,16,17)(H,18,19). The number of anilines is 1. The number of carbonyl (C=O) groups excluding carboxylic acids is 1. The number of carboxylic acid groups (broad SMARTS) is 1. The first kappa shape index (κ1) is 15.5. The van der Waals surface area contributed by atoms with Gasteiger partial charge in [0, 0.05) is 0 Å². The van der Waals surface area contributed by atoms with E-state index >= 15 is 0 Å². The van der Waals surface area contributed by atoms with Crippen LogP contribution in [0.4, 0.5) is 5.69 Å². The van der Waals surface area contributed by atoms with Crippen molar-refractivity contribution in [1.82, 2.24) is 0 Å². The van der Waals surface area contributed by atoms with Crippen LogP contribution in [0.1, 0.15) is 30.6 Å². The van der Waals surface area contributed by atoms with E-state index in [1.165, 1.54) is 18.2 Å². The van der Waals surface area contributed by atoms with E-state index in [1.54, 1.807) is 0 Å². The van der Waals surface area contributed by atoms with Gasteiger partial charge in [-0.15, -0.1) is 0 Å². The Morgan fingerprint density at radius 1 is 1.47 bits per heavy atom. The summed E-state index contributed by atoms with van der Waals surface area (Å²) in [5.74, 6) is -1.35. The fourth-order valence-electron chi connectivity index (χ4n) is 1.48. The van der Waals surface area contributed by atoms with Gasteiger partial charge in [-0.05, 0) is 24.1 Å². The number of nitrogens with two attached hydrogens (primary N) is 1. The third-order valence-corrected chi connectivity index (χ3v) is 3.35.